The van der Waals surface area contributed by atoms with E-state index in [1.165, 1.54) is 57.7 Å². The van der Waals surface area contributed by atoms with Crippen LogP contribution in [0.15, 0.2) is 42.5 Å². The van der Waals surface area contributed by atoms with Gasteiger partial charge in [0.2, 0.25) is 10.0 Å². The third kappa shape index (κ3) is 5.01. The monoisotopic (exact) mass is 407 g/mol. The van der Waals surface area contributed by atoms with Gasteiger partial charge in [0, 0.05) is 12.6 Å². The molecule has 0 spiro atoms. The van der Waals surface area contributed by atoms with Crippen molar-refractivity contribution in [1.29, 1.82) is 0 Å². The van der Waals surface area contributed by atoms with Crippen LogP contribution in [0.1, 0.15) is 20.7 Å². The standard InChI is InChI=1S/C19H21NO7S/c1-20(28(4,23)24)15-8-5-13(6-9-15)16(21)12-27-19(22)14-7-10-17(25-2)18(11-14)26-3/h5-11H,12H2,1-4H3. The lowest BCUT2D eigenvalue weighted by molar-refractivity contribution is 0.0474. The van der Waals surface area contributed by atoms with Gasteiger partial charge in [-0.1, -0.05) is 0 Å². The number of ether oxygens (including phenoxy) is 3. The number of ketones is 1. The van der Waals surface area contributed by atoms with Gasteiger partial charge >= 0.3 is 5.97 Å². The van der Waals surface area contributed by atoms with Gasteiger partial charge < -0.3 is 14.2 Å². The lowest BCUT2D eigenvalue weighted by Gasteiger charge is -2.16. The number of hydrogen-bond donors (Lipinski definition) is 0. The molecule has 8 nitrogen and oxygen atoms in total. The van der Waals surface area contributed by atoms with Crippen LogP contribution in [0.2, 0.25) is 0 Å². The third-order valence-corrected chi connectivity index (χ3v) is 5.21. The lowest BCUT2D eigenvalue weighted by Crippen LogP contribution is -2.24. The van der Waals surface area contributed by atoms with E-state index in [1.54, 1.807) is 6.07 Å². The Bertz CT molecular complexity index is 968. The van der Waals surface area contributed by atoms with Crippen molar-refractivity contribution in [2.45, 2.75) is 0 Å². The average molecular weight is 407 g/mol. The van der Waals surface area contributed by atoms with Gasteiger partial charge in [-0.05, 0) is 42.5 Å². The van der Waals surface area contributed by atoms with Crippen LogP contribution in [0, 0.1) is 0 Å². The van der Waals surface area contributed by atoms with Crippen LogP contribution in [0.4, 0.5) is 5.69 Å². The predicted molar refractivity (Wildman–Crippen MR) is 104 cm³/mol. The summed E-state index contributed by atoms with van der Waals surface area (Å²) in [6, 6.07) is 10.5. The molecule has 0 heterocycles. The Labute approximate surface area is 163 Å². The van der Waals surface area contributed by atoms with E-state index in [9.17, 15) is 18.0 Å². The van der Waals surface area contributed by atoms with Crippen molar-refractivity contribution in [3.05, 3.63) is 53.6 Å². The molecule has 0 saturated heterocycles. The van der Waals surface area contributed by atoms with E-state index < -0.39 is 28.4 Å². The molecule has 150 valence electrons. The van der Waals surface area contributed by atoms with Crippen molar-refractivity contribution < 1.29 is 32.2 Å². The minimum atomic E-state index is -3.39. The fourth-order valence-electron chi connectivity index (χ4n) is 2.31. The molecule has 0 aliphatic carbocycles. The summed E-state index contributed by atoms with van der Waals surface area (Å²) in [4.78, 5) is 24.4. The SMILES string of the molecule is COc1ccc(C(=O)OCC(=O)c2ccc(N(C)S(C)(=O)=O)cc2)cc1OC. The molecule has 9 heteroatoms. The first kappa shape index (κ1) is 21.2. The second-order valence-electron chi connectivity index (χ2n) is 5.85. The number of carbonyl (C=O) groups is 2. The quantitative estimate of drug-likeness (QED) is 0.488. The van der Waals surface area contributed by atoms with Gasteiger partial charge in [0.05, 0.1) is 31.7 Å². The maximum atomic E-state index is 12.2. The number of sulfonamides is 1. The fourth-order valence-corrected chi connectivity index (χ4v) is 2.81. The predicted octanol–water partition coefficient (Wildman–Crippen LogP) is 2.14. The first-order valence-corrected chi connectivity index (χ1v) is 9.98. The van der Waals surface area contributed by atoms with Crippen LogP contribution < -0.4 is 13.8 Å². The number of esters is 1. The molecule has 0 aliphatic heterocycles. The molecule has 0 unspecified atom stereocenters. The van der Waals surface area contributed by atoms with Gasteiger partial charge in [-0.2, -0.15) is 0 Å². The Morgan fingerprint density at radius 1 is 0.929 bits per heavy atom. The number of benzene rings is 2. The summed E-state index contributed by atoms with van der Waals surface area (Å²) in [6.07, 6.45) is 1.08. The van der Waals surface area contributed by atoms with Gasteiger partial charge in [0.15, 0.2) is 23.9 Å². The highest BCUT2D eigenvalue weighted by atomic mass is 32.2. The summed E-state index contributed by atoms with van der Waals surface area (Å²) in [5.41, 5.74) is 0.933. The van der Waals surface area contributed by atoms with Crippen LogP contribution >= 0.6 is 0 Å². The number of nitrogens with zero attached hydrogens (tertiary/aromatic N) is 1. The molecule has 0 atom stereocenters. The normalized spacial score (nSPS) is 10.9. The molecule has 2 aromatic rings. The minimum Gasteiger partial charge on any atom is -0.493 e. The first-order chi connectivity index (χ1) is 13.2. The molecule has 0 saturated carbocycles. The molecule has 0 fully saturated rings. The first-order valence-electron chi connectivity index (χ1n) is 8.13. The highest BCUT2D eigenvalue weighted by Crippen LogP contribution is 2.27. The summed E-state index contributed by atoms with van der Waals surface area (Å²) < 4.78 is 39.5. The van der Waals surface area contributed by atoms with Gasteiger partial charge in [-0.3, -0.25) is 9.10 Å². The van der Waals surface area contributed by atoms with Crippen LogP contribution in [0.5, 0.6) is 11.5 Å². The molecule has 0 aliphatic rings. The topological polar surface area (TPSA) is 99.2 Å². The van der Waals surface area contributed by atoms with Gasteiger partial charge in [0.25, 0.3) is 0 Å². The second-order valence-corrected chi connectivity index (χ2v) is 7.86. The lowest BCUT2D eigenvalue weighted by atomic mass is 10.1. The second kappa shape index (κ2) is 8.75. The highest BCUT2D eigenvalue weighted by molar-refractivity contribution is 7.92. The van der Waals surface area contributed by atoms with E-state index in [4.69, 9.17) is 14.2 Å². The van der Waals surface area contributed by atoms with E-state index in [0.717, 1.165) is 10.6 Å². The Hall–Kier alpha value is -3.07. The zero-order chi connectivity index (χ0) is 20.9. The summed E-state index contributed by atoms with van der Waals surface area (Å²) in [6.45, 7) is -0.450. The summed E-state index contributed by atoms with van der Waals surface area (Å²) in [5, 5.41) is 0. The van der Waals surface area contributed by atoms with E-state index >= 15 is 0 Å². The van der Waals surface area contributed by atoms with Crippen molar-refractivity contribution in [2.24, 2.45) is 0 Å². The summed E-state index contributed by atoms with van der Waals surface area (Å²) in [5.74, 6) is -0.256. The number of Topliss-reactive ketones (excluding diaryl/α,β-unsaturated/α-hetero) is 1. The molecule has 0 bridgehead atoms. The molecule has 0 radical (unpaired) electrons. The molecule has 2 rings (SSSR count). The van der Waals surface area contributed by atoms with Crippen LogP contribution in [-0.2, 0) is 14.8 Å². The van der Waals surface area contributed by atoms with Crippen molar-refractivity contribution in [3.8, 4) is 11.5 Å². The summed E-state index contributed by atoms with van der Waals surface area (Å²) >= 11 is 0. The number of carbonyl (C=O) groups excluding carboxylic acids is 2. The minimum absolute atomic E-state index is 0.218. The molecule has 28 heavy (non-hydrogen) atoms. The molecule has 0 amide bonds. The summed E-state index contributed by atoms with van der Waals surface area (Å²) in [7, 11) is 0.947. The van der Waals surface area contributed by atoms with Gasteiger partial charge in [0.1, 0.15) is 0 Å². The maximum absolute atomic E-state index is 12.2. The molecular weight excluding hydrogens is 386 g/mol. The third-order valence-electron chi connectivity index (χ3n) is 4.00. The fraction of sp³-hybridized carbons (Fsp3) is 0.263. The highest BCUT2D eigenvalue weighted by Gasteiger charge is 2.16. The number of methoxy groups -OCH3 is 2. The van der Waals surface area contributed by atoms with E-state index in [1.807, 2.05) is 0 Å². The Balaban J connectivity index is 2.03. The Morgan fingerprint density at radius 2 is 1.50 bits per heavy atom. The molecule has 0 aromatic heterocycles. The van der Waals surface area contributed by atoms with Crippen molar-refractivity contribution >= 4 is 27.5 Å². The van der Waals surface area contributed by atoms with Gasteiger partial charge in [-0.15, -0.1) is 0 Å². The van der Waals surface area contributed by atoms with E-state index in [0.29, 0.717) is 22.7 Å². The molecular formula is C19H21NO7S. The Kier molecular flexibility index (Phi) is 6.63. The maximum Gasteiger partial charge on any atom is 0.338 e. The van der Waals surface area contributed by atoms with Gasteiger partial charge in [-0.25, -0.2) is 13.2 Å². The largest absolute Gasteiger partial charge is 0.493 e. The van der Waals surface area contributed by atoms with Crippen molar-refractivity contribution in [2.75, 3.05) is 38.4 Å². The van der Waals surface area contributed by atoms with Crippen LogP contribution in [-0.4, -0.2) is 54.3 Å². The van der Waals surface area contributed by atoms with E-state index in [2.05, 4.69) is 0 Å². The number of anilines is 1. The average Bonchev–Trinajstić information content (AvgIpc) is 2.69. The van der Waals surface area contributed by atoms with Crippen molar-refractivity contribution in [1.82, 2.24) is 0 Å². The molecule has 2 aromatic carbocycles. The molecule has 0 N–H and O–H groups in total. The zero-order valence-electron chi connectivity index (χ0n) is 16.0. The zero-order valence-corrected chi connectivity index (χ0v) is 16.8. The van der Waals surface area contributed by atoms with E-state index in [-0.39, 0.29) is 5.56 Å². The van der Waals surface area contributed by atoms with Crippen molar-refractivity contribution in [3.63, 3.8) is 0 Å². The van der Waals surface area contributed by atoms with Crippen LogP contribution in [0.3, 0.4) is 0 Å². The Morgan fingerprint density at radius 3 is 2.04 bits per heavy atom. The number of rotatable bonds is 8. The smallest absolute Gasteiger partial charge is 0.338 e. The number of hydrogen-bond acceptors (Lipinski definition) is 7. The van der Waals surface area contributed by atoms with Crippen LogP contribution in [0.25, 0.3) is 0 Å².